The van der Waals surface area contributed by atoms with E-state index in [2.05, 4.69) is 20.7 Å². The highest BCUT2D eigenvalue weighted by molar-refractivity contribution is 9.10. The van der Waals surface area contributed by atoms with Gasteiger partial charge in [0.2, 0.25) is 10.0 Å². The number of hydrogen-bond donors (Lipinski definition) is 1. The van der Waals surface area contributed by atoms with Crippen molar-refractivity contribution in [1.82, 2.24) is 4.72 Å². The van der Waals surface area contributed by atoms with Crippen molar-refractivity contribution in [2.45, 2.75) is 43.9 Å². The van der Waals surface area contributed by atoms with Gasteiger partial charge in [0.25, 0.3) is 0 Å². The maximum atomic E-state index is 12.2. The van der Waals surface area contributed by atoms with Crippen molar-refractivity contribution >= 4 is 26.0 Å². The van der Waals surface area contributed by atoms with Gasteiger partial charge in [-0.3, -0.25) is 0 Å². The van der Waals surface area contributed by atoms with Crippen LogP contribution in [0.4, 0.5) is 0 Å². The van der Waals surface area contributed by atoms with E-state index in [0.29, 0.717) is 13.2 Å². The lowest BCUT2D eigenvalue weighted by Gasteiger charge is -2.14. The van der Waals surface area contributed by atoms with E-state index >= 15 is 0 Å². The Kier molecular flexibility index (Phi) is 4.06. The number of ether oxygens (including phenoxy) is 1. The number of fused-ring (bicyclic) bond motifs is 1. The molecule has 1 aliphatic carbocycles. The first-order chi connectivity index (χ1) is 9.56. The van der Waals surface area contributed by atoms with Crippen LogP contribution < -0.4 is 9.46 Å². The molecule has 6 heteroatoms. The highest BCUT2D eigenvalue weighted by atomic mass is 79.9. The van der Waals surface area contributed by atoms with E-state index in [1.807, 2.05) is 12.1 Å². The van der Waals surface area contributed by atoms with E-state index in [1.165, 1.54) is 0 Å². The average molecular weight is 360 g/mol. The van der Waals surface area contributed by atoms with Crippen molar-refractivity contribution in [3.63, 3.8) is 0 Å². The molecule has 20 heavy (non-hydrogen) atoms. The number of benzene rings is 1. The highest BCUT2D eigenvalue weighted by Crippen LogP contribution is 2.33. The summed E-state index contributed by atoms with van der Waals surface area (Å²) in [5.41, 5.74) is 2.06. The maximum absolute atomic E-state index is 12.2. The van der Waals surface area contributed by atoms with Crippen molar-refractivity contribution in [2.24, 2.45) is 0 Å². The molecular weight excluding hydrogens is 342 g/mol. The van der Waals surface area contributed by atoms with E-state index in [4.69, 9.17) is 4.74 Å². The number of nitrogens with one attached hydrogen (secondary N) is 1. The van der Waals surface area contributed by atoms with E-state index in [0.717, 1.165) is 53.5 Å². The monoisotopic (exact) mass is 359 g/mol. The van der Waals surface area contributed by atoms with E-state index in [9.17, 15) is 8.42 Å². The normalized spacial score (nSPS) is 19.1. The second kappa shape index (κ2) is 5.66. The fraction of sp³-hybridized carbons (Fsp3) is 0.571. The highest BCUT2D eigenvalue weighted by Gasteiger charge is 2.28. The van der Waals surface area contributed by atoms with Gasteiger partial charge in [-0.15, -0.1) is 0 Å². The number of sulfonamides is 1. The van der Waals surface area contributed by atoms with Gasteiger partial charge < -0.3 is 4.74 Å². The minimum Gasteiger partial charge on any atom is -0.493 e. The summed E-state index contributed by atoms with van der Waals surface area (Å²) in [4.78, 5) is 0. The molecule has 0 spiro atoms. The van der Waals surface area contributed by atoms with Crippen LogP contribution in [0, 0.1) is 0 Å². The van der Waals surface area contributed by atoms with Gasteiger partial charge in [-0.25, -0.2) is 13.1 Å². The Bertz CT molecular complexity index is 609. The third kappa shape index (κ3) is 2.87. The zero-order valence-corrected chi connectivity index (χ0v) is 13.6. The Morgan fingerprint density at radius 2 is 2.05 bits per heavy atom. The molecule has 3 rings (SSSR count). The first kappa shape index (κ1) is 14.4. The molecule has 0 atom stereocenters. The van der Waals surface area contributed by atoms with Crippen molar-refractivity contribution in [1.29, 1.82) is 0 Å². The Morgan fingerprint density at radius 1 is 1.30 bits per heavy atom. The van der Waals surface area contributed by atoms with Crippen molar-refractivity contribution < 1.29 is 13.2 Å². The van der Waals surface area contributed by atoms with Gasteiger partial charge in [0.05, 0.1) is 11.9 Å². The largest absolute Gasteiger partial charge is 0.493 e. The van der Waals surface area contributed by atoms with Crippen molar-refractivity contribution in [3.05, 3.63) is 27.7 Å². The SMILES string of the molecule is O=S(=O)(NCc1cc(Br)cc2c1OCC2)C1CCCC1. The minimum absolute atomic E-state index is 0.219. The number of rotatable bonds is 4. The number of hydrogen-bond acceptors (Lipinski definition) is 3. The van der Waals surface area contributed by atoms with Gasteiger partial charge in [-0.05, 0) is 30.5 Å². The third-order valence-corrected chi connectivity index (χ3v) is 6.38. The zero-order chi connectivity index (χ0) is 14.2. The molecule has 0 unspecified atom stereocenters. The molecule has 0 amide bonds. The number of halogens is 1. The second-order valence-electron chi connectivity index (χ2n) is 5.42. The molecule has 0 aromatic heterocycles. The predicted molar refractivity (Wildman–Crippen MR) is 81.4 cm³/mol. The summed E-state index contributed by atoms with van der Waals surface area (Å²) in [7, 11) is -3.21. The smallest absolute Gasteiger partial charge is 0.214 e. The van der Waals surface area contributed by atoms with E-state index < -0.39 is 10.0 Å². The van der Waals surface area contributed by atoms with Gasteiger partial charge in [0, 0.05) is 23.0 Å². The molecule has 4 nitrogen and oxygen atoms in total. The molecule has 1 fully saturated rings. The van der Waals surface area contributed by atoms with Crippen molar-refractivity contribution in [3.8, 4) is 5.75 Å². The lowest BCUT2D eigenvalue weighted by atomic mass is 10.1. The molecule has 0 bridgehead atoms. The predicted octanol–water partition coefficient (Wildman–Crippen LogP) is 2.75. The van der Waals surface area contributed by atoms with Crippen LogP contribution in [0.15, 0.2) is 16.6 Å². The molecule has 1 saturated carbocycles. The zero-order valence-electron chi connectivity index (χ0n) is 11.2. The standard InChI is InChI=1S/C14H18BrNO3S/c15-12-7-10-5-6-19-14(10)11(8-12)9-16-20(17,18)13-3-1-2-4-13/h7-8,13,16H,1-6,9H2. The van der Waals surface area contributed by atoms with E-state index in [-0.39, 0.29) is 5.25 Å². The summed E-state index contributed by atoms with van der Waals surface area (Å²) in [6, 6.07) is 3.97. The first-order valence-corrected chi connectivity index (χ1v) is 9.33. The van der Waals surface area contributed by atoms with Gasteiger partial charge >= 0.3 is 0 Å². The Balaban J connectivity index is 1.76. The summed E-state index contributed by atoms with van der Waals surface area (Å²) in [5.74, 6) is 0.849. The molecular formula is C14H18BrNO3S. The molecule has 0 saturated heterocycles. The third-order valence-electron chi connectivity index (χ3n) is 4.03. The van der Waals surface area contributed by atoms with Crippen LogP contribution in [0.1, 0.15) is 36.8 Å². The summed E-state index contributed by atoms with van der Waals surface area (Å²) in [5, 5.41) is -0.219. The molecule has 0 radical (unpaired) electrons. The topological polar surface area (TPSA) is 55.4 Å². The molecule has 1 heterocycles. The molecule has 1 aromatic rings. The van der Waals surface area contributed by atoms with Crippen LogP contribution in [-0.2, 0) is 23.0 Å². The lowest BCUT2D eigenvalue weighted by Crippen LogP contribution is -2.32. The fourth-order valence-electron chi connectivity index (χ4n) is 2.97. The minimum atomic E-state index is -3.21. The summed E-state index contributed by atoms with van der Waals surface area (Å²) in [6.45, 7) is 0.981. The molecule has 1 N–H and O–H groups in total. The molecule has 1 aliphatic heterocycles. The first-order valence-electron chi connectivity index (χ1n) is 6.99. The Morgan fingerprint density at radius 3 is 2.80 bits per heavy atom. The molecule has 2 aliphatic rings. The van der Waals surface area contributed by atoms with Crippen molar-refractivity contribution in [2.75, 3.05) is 6.61 Å². The van der Waals surface area contributed by atoms with Crippen LogP contribution in [0.25, 0.3) is 0 Å². The summed E-state index contributed by atoms with van der Waals surface area (Å²) in [6.07, 6.45) is 4.48. The van der Waals surface area contributed by atoms with Gasteiger partial charge in [-0.1, -0.05) is 28.8 Å². The Labute approximate surface area is 128 Å². The van der Waals surface area contributed by atoms with Crippen LogP contribution in [0.3, 0.4) is 0 Å². The van der Waals surface area contributed by atoms with Gasteiger partial charge in [-0.2, -0.15) is 0 Å². The molecule has 1 aromatic carbocycles. The fourth-order valence-corrected chi connectivity index (χ4v) is 5.07. The van der Waals surface area contributed by atoms with Crippen LogP contribution >= 0.6 is 15.9 Å². The summed E-state index contributed by atoms with van der Waals surface area (Å²) >= 11 is 3.47. The summed E-state index contributed by atoms with van der Waals surface area (Å²) < 4.78 is 33.8. The van der Waals surface area contributed by atoms with Gasteiger partial charge in [0.1, 0.15) is 5.75 Å². The maximum Gasteiger partial charge on any atom is 0.214 e. The Hall–Kier alpha value is -0.590. The average Bonchev–Trinajstić information content (AvgIpc) is 3.06. The second-order valence-corrected chi connectivity index (χ2v) is 8.39. The van der Waals surface area contributed by atoms with Crippen LogP contribution in [0.2, 0.25) is 0 Å². The van der Waals surface area contributed by atoms with Crippen LogP contribution in [-0.4, -0.2) is 20.3 Å². The van der Waals surface area contributed by atoms with Crippen LogP contribution in [0.5, 0.6) is 5.75 Å². The lowest BCUT2D eigenvalue weighted by molar-refractivity contribution is 0.353. The van der Waals surface area contributed by atoms with Gasteiger partial charge in [0.15, 0.2) is 0 Å². The quantitative estimate of drug-likeness (QED) is 0.898. The molecule has 110 valence electrons. The van der Waals surface area contributed by atoms with E-state index in [1.54, 1.807) is 0 Å².